The summed E-state index contributed by atoms with van der Waals surface area (Å²) in [7, 11) is 3.50. The summed E-state index contributed by atoms with van der Waals surface area (Å²) in [6.45, 7) is 3.61. The van der Waals surface area contributed by atoms with E-state index in [0.717, 1.165) is 64.8 Å². The van der Waals surface area contributed by atoms with Gasteiger partial charge in [-0.3, -0.25) is 14.5 Å². The number of phenolic OH excluding ortho intramolecular Hbond substituents is 1. The Bertz CT molecular complexity index is 2570. The van der Waals surface area contributed by atoms with E-state index in [0.29, 0.717) is 46.9 Å². The van der Waals surface area contributed by atoms with Gasteiger partial charge in [-0.15, -0.1) is 6.42 Å². The summed E-state index contributed by atoms with van der Waals surface area (Å²) in [4.78, 5) is 17.0. The molecule has 0 radical (unpaired) electrons. The van der Waals surface area contributed by atoms with Crippen LogP contribution in [0, 0.1) is 35.3 Å². The number of benzene rings is 3. The minimum atomic E-state index is -2.69. The van der Waals surface area contributed by atoms with Crippen molar-refractivity contribution < 1.29 is 32.1 Å². The van der Waals surface area contributed by atoms with Gasteiger partial charge in [0.05, 0.1) is 21.9 Å². The number of likely N-dealkylation sites (tertiary alicyclic amines) is 1. The van der Waals surface area contributed by atoms with E-state index in [-0.39, 0.29) is 70.0 Å². The van der Waals surface area contributed by atoms with Crippen LogP contribution in [0.15, 0.2) is 30.5 Å². The van der Waals surface area contributed by atoms with E-state index in [9.17, 15) is 13.9 Å². The Hall–Kier alpha value is -4.71. The van der Waals surface area contributed by atoms with Gasteiger partial charge in [-0.1, -0.05) is 12.0 Å². The second-order valence-electron chi connectivity index (χ2n) is 18.0. The van der Waals surface area contributed by atoms with Crippen LogP contribution in [0.3, 0.4) is 0 Å². The van der Waals surface area contributed by atoms with Crippen molar-refractivity contribution in [2.75, 3.05) is 51.4 Å². The number of hydrogen-bond donors (Lipinski definition) is 1. The number of aromatic nitrogens is 4. The number of rotatable bonds is 8. The zero-order chi connectivity index (χ0) is 39.9. The third-order valence-electron chi connectivity index (χ3n) is 14.6. The summed E-state index contributed by atoms with van der Waals surface area (Å²) < 4.78 is 76.3. The van der Waals surface area contributed by atoms with E-state index in [4.69, 9.17) is 31.0 Å². The molecule has 4 aliphatic heterocycles. The lowest BCUT2D eigenvalue weighted by Crippen LogP contribution is -2.59. The second kappa shape index (κ2) is 12.6. The quantitative estimate of drug-likeness (QED) is 0.132. The van der Waals surface area contributed by atoms with Gasteiger partial charge in [-0.05, 0) is 86.6 Å². The monoisotopic (exact) mass is 795 g/mol. The number of ether oxygens (including phenoxy) is 2. The van der Waals surface area contributed by atoms with Crippen molar-refractivity contribution in [3.63, 3.8) is 0 Å². The average Bonchev–Trinajstić information content (AvgIpc) is 3.64. The number of aryl methyl sites for hydroxylation is 1. The van der Waals surface area contributed by atoms with Crippen LogP contribution in [-0.4, -0.2) is 111 Å². The SMILES string of the molecule is C#Cc1c(F)ccc2cc(O)cc(-c3c(F)c4nc(OC[C@@]56CCCN5C[C@]5(CC5(F)F)C6)nc(N5C6CCC5CN(C5CC(COC)C5)C6)c4c4cn(C)nc34)c12. The summed E-state index contributed by atoms with van der Waals surface area (Å²) in [5, 5.41) is 17.5. The molecule has 6 aliphatic rings. The predicted molar refractivity (Wildman–Crippen MR) is 211 cm³/mol. The fraction of sp³-hybridized carbons (Fsp3) is 0.523. The molecule has 14 heteroatoms. The molecule has 2 aromatic heterocycles. The third-order valence-corrected chi connectivity index (χ3v) is 14.6. The van der Waals surface area contributed by atoms with Crippen molar-refractivity contribution in [3.05, 3.63) is 47.7 Å². The lowest BCUT2D eigenvalue weighted by atomic mass is 9.79. The van der Waals surface area contributed by atoms with Crippen LogP contribution in [0.4, 0.5) is 23.4 Å². The highest BCUT2D eigenvalue weighted by atomic mass is 19.3. The molecule has 58 heavy (non-hydrogen) atoms. The first kappa shape index (κ1) is 36.4. The van der Waals surface area contributed by atoms with E-state index in [1.165, 1.54) is 24.3 Å². The Labute approximate surface area is 333 Å². The number of hydrogen-bond acceptors (Lipinski definition) is 9. The minimum absolute atomic E-state index is 0.00807. The van der Waals surface area contributed by atoms with Crippen LogP contribution in [-0.2, 0) is 11.8 Å². The standard InChI is InChI=1S/C44H45F4N7O3/c1-4-30-33(45)9-6-25-14-29(56)15-31(34(25)30)35-37(46)39-36(32-18-52(2)51-38(32)35)40(55-26-7-8-27(55)17-53(16-26)28-12-24(13-28)19-57-3)50-41(49-39)58-23-43-10-5-11-54(43)22-42(20-43)21-44(42,47)48/h1,6,9,14-15,18,24,26-28,56H,5,7-8,10-13,16-17,19-23H2,2-3H3/t24?,26?,27?,28?,42-,43+/m1/s1. The Balaban J connectivity index is 1.08. The van der Waals surface area contributed by atoms with E-state index < -0.39 is 28.5 Å². The Morgan fingerprint density at radius 3 is 2.52 bits per heavy atom. The molecule has 2 saturated carbocycles. The van der Waals surface area contributed by atoms with Gasteiger partial charge in [0.25, 0.3) is 5.92 Å². The molecule has 1 spiro atoms. The van der Waals surface area contributed by atoms with Crippen molar-refractivity contribution in [2.45, 2.75) is 81.0 Å². The van der Waals surface area contributed by atoms with Crippen LogP contribution < -0.4 is 9.64 Å². The number of nitrogens with zero attached hydrogens (tertiary/aromatic N) is 7. The van der Waals surface area contributed by atoms with E-state index in [1.807, 2.05) is 6.20 Å². The van der Waals surface area contributed by atoms with Crippen LogP contribution in [0.5, 0.6) is 11.8 Å². The first-order valence-corrected chi connectivity index (χ1v) is 20.5. The largest absolute Gasteiger partial charge is 0.508 e. The van der Waals surface area contributed by atoms with Gasteiger partial charge in [-0.25, -0.2) is 17.6 Å². The maximum Gasteiger partial charge on any atom is 0.319 e. The van der Waals surface area contributed by atoms with Crippen molar-refractivity contribution in [1.29, 1.82) is 0 Å². The molecular weight excluding hydrogens is 751 g/mol. The molecule has 5 aromatic rings. The van der Waals surface area contributed by atoms with Gasteiger partial charge in [0.1, 0.15) is 35.0 Å². The minimum Gasteiger partial charge on any atom is -0.508 e. The molecule has 302 valence electrons. The number of halogens is 4. The van der Waals surface area contributed by atoms with Crippen LogP contribution in [0.25, 0.3) is 43.7 Å². The molecule has 1 N–H and O–H groups in total. The van der Waals surface area contributed by atoms with Gasteiger partial charge in [0.2, 0.25) is 0 Å². The first-order valence-electron chi connectivity index (χ1n) is 20.5. The zero-order valence-corrected chi connectivity index (χ0v) is 32.6. The molecule has 4 atom stereocenters. The summed E-state index contributed by atoms with van der Waals surface area (Å²) >= 11 is 0. The summed E-state index contributed by atoms with van der Waals surface area (Å²) in [5.74, 6) is -0.664. The van der Waals surface area contributed by atoms with E-state index in [2.05, 4.69) is 20.6 Å². The molecule has 11 rings (SSSR count). The number of piperazine rings is 1. The first-order chi connectivity index (χ1) is 27.9. The summed E-state index contributed by atoms with van der Waals surface area (Å²) in [6, 6.07) is 6.26. The number of phenols is 1. The highest BCUT2D eigenvalue weighted by Crippen LogP contribution is 2.69. The molecular formula is C44H45F4N7O3. The topological polar surface area (TPSA) is 92.0 Å². The maximum absolute atomic E-state index is 17.9. The summed E-state index contributed by atoms with van der Waals surface area (Å²) in [5.41, 5.74) is -1.20. The lowest BCUT2D eigenvalue weighted by Gasteiger charge is -2.49. The Kier molecular flexibility index (Phi) is 7.93. The molecule has 10 nitrogen and oxygen atoms in total. The zero-order valence-electron chi connectivity index (χ0n) is 32.6. The van der Waals surface area contributed by atoms with Gasteiger partial charge in [0.15, 0.2) is 5.82 Å². The van der Waals surface area contributed by atoms with Gasteiger partial charge >= 0.3 is 6.01 Å². The van der Waals surface area contributed by atoms with E-state index >= 15 is 8.78 Å². The third kappa shape index (κ3) is 5.24. The number of methoxy groups -OCH3 is 1. The molecule has 6 fully saturated rings. The molecule has 4 saturated heterocycles. The number of alkyl halides is 2. The van der Waals surface area contributed by atoms with Gasteiger partial charge < -0.3 is 19.5 Å². The fourth-order valence-corrected chi connectivity index (χ4v) is 11.8. The highest BCUT2D eigenvalue weighted by molar-refractivity contribution is 6.18. The fourth-order valence-electron chi connectivity index (χ4n) is 11.8. The van der Waals surface area contributed by atoms with Crippen LogP contribution >= 0.6 is 0 Å². The molecule has 6 heterocycles. The summed E-state index contributed by atoms with van der Waals surface area (Å²) in [6.07, 6.45) is 13.6. The van der Waals surface area contributed by atoms with Gasteiger partial charge in [0, 0.05) is 87.5 Å². The molecule has 3 aromatic carbocycles. The van der Waals surface area contributed by atoms with Crippen molar-refractivity contribution >= 4 is 38.4 Å². The Morgan fingerprint density at radius 2 is 1.79 bits per heavy atom. The van der Waals surface area contributed by atoms with E-state index in [1.54, 1.807) is 18.8 Å². The molecule has 2 bridgehead atoms. The second-order valence-corrected chi connectivity index (χ2v) is 18.0. The van der Waals surface area contributed by atoms with Crippen molar-refractivity contribution in [1.82, 2.24) is 29.5 Å². The van der Waals surface area contributed by atoms with Crippen LogP contribution in [0.1, 0.15) is 56.9 Å². The number of aromatic hydroxyl groups is 1. The van der Waals surface area contributed by atoms with Crippen molar-refractivity contribution in [3.8, 4) is 35.2 Å². The van der Waals surface area contributed by atoms with Gasteiger partial charge in [-0.2, -0.15) is 15.1 Å². The number of fused-ring (bicyclic) bond motifs is 7. The smallest absolute Gasteiger partial charge is 0.319 e. The Morgan fingerprint density at radius 1 is 1.02 bits per heavy atom. The number of anilines is 1. The van der Waals surface area contributed by atoms with Crippen molar-refractivity contribution in [2.24, 2.45) is 18.4 Å². The molecule has 0 amide bonds. The lowest BCUT2D eigenvalue weighted by molar-refractivity contribution is 0.0199. The molecule has 2 aliphatic carbocycles. The average molecular weight is 796 g/mol. The maximum atomic E-state index is 17.9. The number of terminal acetylenes is 1. The highest BCUT2D eigenvalue weighted by Gasteiger charge is 2.77. The predicted octanol–water partition coefficient (Wildman–Crippen LogP) is 7.02. The molecule has 2 unspecified atom stereocenters. The van der Waals surface area contributed by atoms with Crippen LogP contribution in [0.2, 0.25) is 0 Å². The normalized spacial score (nSPS) is 30.1.